The van der Waals surface area contributed by atoms with Crippen molar-refractivity contribution < 1.29 is 27.9 Å². The minimum Gasteiger partial charge on any atom is -0.477 e. The summed E-state index contributed by atoms with van der Waals surface area (Å²) in [7, 11) is 0. The summed E-state index contributed by atoms with van der Waals surface area (Å²) in [6.45, 7) is 0. The molecule has 1 aromatic heterocycles. The summed E-state index contributed by atoms with van der Waals surface area (Å²) >= 11 is 0. The van der Waals surface area contributed by atoms with Crippen LogP contribution in [0.5, 0.6) is 0 Å². The van der Waals surface area contributed by atoms with E-state index in [1.807, 2.05) is 5.32 Å². The monoisotopic (exact) mass is 316 g/mol. The van der Waals surface area contributed by atoms with Crippen LogP contribution in [0.15, 0.2) is 18.3 Å². The Morgan fingerprint density at radius 3 is 2.50 bits per heavy atom. The lowest BCUT2D eigenvalue weighted by molar-refractivity contribution is -0.164. The first-order valence-electron chi connectivity index (χ1n) is 6.86. The molecule has 0 aliphatic heterocycles. The van der Waals surface area contributed by atoms with E-state index in [-0.39, 0.29) is 5.56 Å². The van der Waals surface area contributed by atoms with Crippen molar-refractivity contribution in [1.29, 1.82) is 0 Å². The Hall–Kier alpha value is -2.12. The highest BCUT2D eigenvalue weighted by molar-refractivity contribution is 5.96. The smallest absolute Gasteiger partial charge is 0.408 e. The van der Waals surface area contributed by atoms with Crippen molar-refractivity contribution in [3.8, 4) is 0 Å². The summed E-state index contributed by atoms with van der Waals surface area (Å²) in [4.78, 5) is 26.3. The molecule has 1 aromatic rings. The first kappa shape index (κ1) is 16.3. The average molecular weight is 316 g/mol. The summed E-state index contributed by atoms with van der Waals surface area (Å²) in [6, 6.07) is 0.229. The number of halogens is 3. The van der Waals surface area contributed by atoms with Gasteiger partial charge in [0.15, 0.2) is 0 Å². The number of hydrogen-bond acceptors (Lipinski definition) is 3. The van der Waals surface area contributed by atoms with Gasteiger partial charge in [0.2, 0.25) is 0 Å². The van der Waals surface area contributed by atoms with Gasteiger partial charge in [0.25, 0.3) is 5.91 Å². The van der Waals surface area contributed by atoms with Gasteiger partial charge in [-0.1, -0.05) is 12.8 Å². The minimum absolute atomic E-state index is 0.153. The number of carboxylic acid groups (broad SMARTS) is 1. The molecule has 0 aromatic carbocycles. The van der Waals surface area contributed by atoms with Gasteiger partial charge in [-0.15, -0.1) is 0 Å². The second-order valence-corrected chi connectivity index (χ2v) is 5.27. The molecule has 1 aliphatic rings. The van der Waals surface area contributed by atoms with Crippen LogP contribution >= 0.6 is 0 Å². The van der Waals surface area contributed by atoms with Gasteiger partial charge in [-0.3, -0.25) is 4.79 Å². The molecule has 1 fully saturated rings. The lowest BCUT2D eigenvalue weighted by Crippen LogP contribution is -2.49. The van der Waals surface area contributed by atoms with Gasteiger partial charge in [-0.2, -0.15) is 13.2 Å². The van der Waals surface area contributed by atoms with E-state index < -0.39 is 35.7 Å². The third kappa shape index (κ3) is 3.75. The molecule has 1 atom stereocenters. The average Bonchev–Trinajstić information content (AvgIpc) is 2.97. The standard InChI is InChI=1S/C14H15F3N2O3/c15-14(16,17)11(8-3-1-2-4-8)19-12(20)9-5-6-18-10(7-9)13(21)22/h5-8,11H,1-4H2,(H,19,20)(H,21,22). The van der Waals surface area contributed by atoms with Crippen LogP contribution in [-0.4, -0.2) is 34.2 Å². The fourth-order valence-corrected chi connectivity index (χ4v) is 2.67. The molecule has 1 saturated carbocycles. The highest BCUT2D eigenvalue weighted by Gasteiger charge is 2.46. The maximum Gasteiger partial charge on any atom is 0.408 e. The zero-order valence-electron chi connectivity index (χ0n) is 11.6. The fraction of sp³-hybridized carbons (Fsp3) is 0.500. The molecule has 1 unspecified atom stereocenters. The summed E-state index contributed by atoms with van der Waals surface area (Å²) in [5, 5.41) is 10.8. The van der Waals surface area contributed by atoms with Gasteiger partial charge in [-0.05, 0) is 30.9 Å². The largest absolute Gasteiger partial charge is 0.477 e. The van der Waals surface area contributed by atoms with Crippen molar-refractivity contribution >= 4 is 11.9 Å². The molecule has 1 aliphatic carbocycles. The number of aromatic carboxylic acids is 1. The molecule has 0 radical (unpaired) electrons. The molecular formula is C14H15F3N2O3. The van der Waals surface area contributed by atoms with Crippen molar-refractivity contribution in [2.75, 3.05) is 0 Å². The van der Waals surface area contributed by atoms with Crippen LogP contribution in [0.25, 0.3) is 0 Å². The SMILES string of the molecule is O=C(NC(C1CCCC1)C(F)(F)F)c1ccnc(C(=O)O)c1. The molecule has 2 rings (SSSR count). The number of carbonyl (C=O) groups is 2. The molecule has 22 heavy (non-hydrogen) atoms. The topological polar surface area (TPSA) is 79.3 Å². The molecule has 120 valence electrons. The lowest BCUT2D eigenvalue weighted by atomic mass is 9.97. The first-order chi connectivity index (χ1) is 10.3. The minimum atomic E-state index is -4.53. The van der Waals surface area contributed by atoms with E-state index in [1.54, 1.807) is 0 Å². The van der Waals surface area contributed by atoms with E-state index in [4.69, 9.17) is 5.11 Å². The number of alkyl halides is 3. The summed E-state index contributed by atoms with van der Waals surface area (Å²) in [5.41, 5.74) is -0.545. The maximum absolute atomic E-state index is 13.1. The molecule has 1 amide bonds. The van der Waals surface area contributed by atoms with Gasteiger partial charge in [0.1, 0.15) is 11.7 Å². The molecule has 5 nitrogen and oxygen atoms in total. The zero-order valence-corrected chi connectivity index (χ0v) is 11.6. The predicted molar refractivity (Wildman–Crippen MR) is 70.5 cm³/mol. The molecule has 1 heterocycles. The van der Waals surface area contributed by atoms with E-state index >= 15 is 0 Å². The molecule has 8 heteroatoms. The molecule has 2 N–H and O–H groups in total. The number of pyridine rings is 1. The third-order valence-corrected chi connectivity index (χ3v) is 3.75. The Morgan fingerprint density at radius 1 is 1.32 bits per heavy atom. The fourth-order valence-electron chi connectivity index (χ4n) is 2.67. The molecule has 0 spiro atoms. The van der Waals surface area contributed by atoms with Crippen LogP contribution in [0.2, 0.25) is 0 Å². The Bertz CT molecular complexity index is 569. The highest BCUT2D eigenvalue weighted by Crippen LogP contribution is 2.35. The third-order valence-electron chi connectivity index (χ3n) is 3.75. The van der Waals surface area contributed by atoms with Crippen molar-refractivity contribution in [1.82, 2.24) is 10.3 Å². The van der Waals surface area contributed by atoms with Crippen LogP contribution in [0, 0.1) is 5.92 Å². The van der Waals surface area contributed by atoms with Crippen molar-refractivity contribution in [3.05, 3.63) is 29.6 Å². The summed E-state index contributed by atoms with van der Waals surface area (Å²) in [5.74, 6) is -2.93. The summed E-state index contributed by atoms with van der Waals surface area (Å²) < 4.78 is 39.4. The summed E-state index contributed by atoms with van der Waals surface area (Å²) in [6.07, 6.45) is -1.19. The zero-order chi connectivity index (χ0) is 16.3. The highest BCUT2D eigenvalue weighted by atomic mass is 19.4. The number of aromatic nitrogens is 1. The van der Waals surface area contributed by atoms with Crippen molar-refractivity contribution in [3.63, 3.8) is 0 Å². The van der Waals surface area contributed by atoms with Gasteiger partial charge in [-0.25, -0.2) is 9.78 Å². The Labute approximate surface area is 124 Å². The first-order valence-corrected chi connectivity index (χ1v) is 6.86. The van der Waals surface area contributed by atoms with Crippen molar-refractivity contribution in [2.24, 2.45) is 5.92 Å². The number of hydrogen-bond donors (Lipinski definition) is 2. The normalized spacial score (nSPS) is 17.2. The number of amides is 1. The maximum atomic E-state index is 13.1. The van der Waals surface area contributed by atoms with E-state index in [0.29, 0.717) is 25.7 Å². The number of rotatable bonds is 4. The number of nitrogens with zero attached hydrogens (tertiary/aromatic N) is 1. The van der Waals surface area contributed by atoms with Crippen LogP contribution in [0.1, 0.15) is 46.5 Å². The van der Waals surface area contributed by atoms with Crippen LogP contribution in [0.3, 0.4) is 0 Å². The van der Waals surface area contributed by atoms with Gasteiger partial charge in [0, 0.05) is 11.8 Å². The van der Waals surface area contributed by atoms with Crippen LogP contribution in [0.4, 0.5) is 13.2 Å². The van der Waals surface area contributed by atoms with Crippen LogP contribution in [-0.2, 0) is 0 Å². The molecular weight excluding hydrogens is 301 g/mol. The Morgan fingerprint density at radius 2 is 1.95 bits per heavy atom. The Balaban J connectivity index is 2.17. The lowest BCUT2D eigenvalue weighted by Gasteiger charge is -2.27. The van der Waals surface area contributed by atoms with Crippen molar-refractivity contribution in [2.45, 2.75) is 37.9 Å². The van der Waals surface area contributed by atoms with Gasteiger partial charge in [0.05, 0.1) is 0 Å². The van der Waals surface area contributed by atoms with E-state index in [0.717, 1.165) is 12.3 Å². The number of carbonyl (C=O) groups excluding carboxylic acids is 1. The van der Waals surface area contributed by atoms with Gasteiger partial charge < -0.3 is 10.4 Å². The second-order valence-electron chi connectivity index (χ2n) is 5.27. The Kier molecular flexibility index (Phi) is 4.68. The molecule has 0 saturated heterocycles. The molecule has 0 bridgehead atoms. The van der Waals surface area contributed by atoms with Gasteiger partial charge >= 0.3 is 12.1 Å². The van der Waals surface area contributed by atoms with E-state index in [1.165, 1.54) is 6.07 Å². The predicted octanol–water partition coefficient (Wildman–Crippen LogP) is 2.63. The van der Waals surface area contributed by atoms with Crippen LogP contribution < -0.4 is 5.32 Å². The second kappa shape index (κ2) is 6.33. The quantitative estimate of drug-likeness (QED) is 0.895. The number of carboxylic acids is 1. The van der Waals surface area contributed by atoms with E-state index in [2.05, 4.69) is 4.98 Å². The van der Waals surface area contributed by atoms with E-state index in [9.17, 15) is 22.8 Å². The number of nitrogens with one attached hydrogen (secondary N) is 1.